The number of aliphatic hydroxyl groups excluding tert-OH is 3. The zero-order valence-electron chi connectivity index (χ0n) is 11.0. The average molecular weight is 296 g/mol. The van der Waals surface area contributed by atoms with E-state index in [1.807, 2.05) is 0 Å². The van der Waals surface area contributed by atoms with E-state index in [0.29, 0.717) is 11.3 Å². The first-order valence-corrected chi connectivity index (χ1v) is 6.51. The number of carbonyl (C=O) groups excluding carboxylic acids is 1. The van der Waals surface area contributed by atoms with Crippen LogP contribution in [0.4, 0.5) is 4.79 Å². The van der Waals surface area contributed by atoms with Crippen molar-refractivity contribution in [3.05, 3.63) is 29.8 Å². The van der Waals surface area contributed by atoms with Crippen LogP contribution in [0, 0.1) is 0 Å². The van der Waals surface area contributed by atoms with Crippen molar-refractivity contribution in [2.75, 3.05) is 6.61 Å². The summed E-state index contributed by atoms with van der Waals surface area (Å²) in [6.45, 7) is -0.483. The maximum absolute atomic E-state index is 12.1. The number of rotatable bonds is 2. The van der Waals surface area contributed by atoms with Gasteiger partial charge in [-0.15, -0.1) is 0 Å². The summed E-state index contributed by atoms with van der Waals surface area (Å²) >= 11 is 0. The van der Waals surface area contributed by atoms with E-state index in [1.54, 1.807) is 24.3 Å². The third-order valence-corrected chi connectivity index (χ3v) is 3.74. The van der Waals surface area contributed by atoms with Crippen LogP contribution < -0.4 is 10.5 Å². The van der Waals surface area contributed by atoms with Crippen molar-refractivity contribution >= 4 is 6.09 Å². The Morgan fingerprint density at radius 1 is 1.24 bits per heavy atom. The average Bonchev–Trinajstić information content (AvgIpc) is 2.75. The topological polar surface area (TPSA) is 125 Å². The van der Waals surface area contributed by atoms with Crippen LogP contribution in [-0.2, 0) is 4.74 Å². The monoisotopic (exact) mass is 296 g/mol. The van der Waals surface area contributed by atoms with Gasteiger partial charge in [0.25, 0.3) is 0 Å². The van der Waals surface area contributed by atoms with Crippen molar-refractivity contribution in [2.45, 2.75) is 30.7 Å². The second-order valence-electron chi connectivity index (χ2n) is 4.99. The first kappa shape index (κ1) is 14.2. The number of amides is 1. The summed E-state index contributed by atoms with van der Waals surface area (Å²) in [5.74, 6) is 0.345. The highest BCUT2D eigenvalue weighted by Crippen LogP contribution is 2.36. The maximum Gasteiger partial charge on any atom is 0.418 e. The van der Waals surface area contributed by atoms with E-state index in [1.165, 1.54) is 0 Å². The number of nitrogens with zero attached hydrogens (tertiary/aromatic N) is 1. The van der Waals surface area contributed by atoms with Crippen LogP contribution in [0.5, 0.6) is 5.75 Å². The van der Waals surface area contributed by atoms with Crippen molar-refractivity contribution in [3.63, 3.8) is 0 Å². The Morgan fingerprint density at radius 2 is 1.95 bits per heavy atom. The van der Waals surface area contributed by atoms with E-state index in [-0.39, 0.29) is 0 Å². The summed E-state index contributed by atoms with van der Waals surface area (Å²) in [6.07, 6.45) is -6.53. The summed E-state index contributed by atoms with van der Waals surface area (Å²) in [4.78, 5) is 13.1. The van der Waals surface area contributed by atoms with Crippen LogP contribution in [0.2, 0.25) is 0 Å². The van der Waals surface area contributed by atoms with E-state index in [2.05, 4.69) is 0 Å². The third-order valence-electron chi connectivity index (χ3n) is 3.74. The van der Waals surface area contributed by atoms with Crippen LogP contribution in [0.3, 0.4) is 0 Å². The van der Waals surface area contributed by atoms with Gasteiger partial charge in [0.2, 0.25) is 0 Å². The van der Waals surface area contributed by atoms with Gasteiger partial charge in [-0.25, -0.2) is 4.79 Å². The second kappa shape index (κ2) is 5.24. The molecule has 1 saturated heterocycles. The van der Waals surface area contributed by atoms with Gasteiger partial charge in [-0.05, 0) is 6.07 Å². The molecule has 0 radical (unpaired) electrons. The highest BCUT2D eigenvalue weighted by Gasteiger charge is 2.50. The Morgan fingerprint density at radius 3 is 2.62 bits per heavy atom. The molecular formula is C13H16N2O6. The lowest BCUT2D eigenvalue weighted by Gasteiger charge is -2.38. The van der Waals surface area contributed by atoms with Gasteiger partial charge in [0.05, 0.1) is 6.61 Å². The maximum atomic E-state index is 12.1. The molecule has 1 aromatic rings. The fourth-order valence-electron chi connectivity index (χ4n) is 2.60. The highest BCUT2D eigenvalue weighted by atomic mass is 16.6. The number of aliphatic hydroxyl groups is 3. The van der Waals surface area contributed by atoms with Crippen LogP contribution in [0.1, 0.15) is 11.7 Å². The number of hydrogen-bond donors (Lipinski definition) is 4. The van der Waals surface area contributed by atoms with Crippen LogP contribution in [0.15, 0.2) is 24.3 Å². The van der Waals surface area contributed by atoms with Gasteiger partial charge in [0, 0.05) is 5.56 Å². The minimum absolute atomic E-state index is 0.345. The molecule has 0 aliphatic carbocycles. The first-order chi connectivity index (χ1) is 10.0. The molecule has 1 aromatic carbocycles. The SMILES string of the molecule is NC1c2ccccc2OC(=O)N1[C@@H]1O[C@H](CO)[C@@H](O)[C@H]1O. The molecule has 8 heteroatoms. The molecule has 5 N–H and O–H groups in total. The molecule has 0 saturated carbocycles. The normalized spacial score (nSPS) is 35.5. The molecule has 0 aromatic heterocycles. The van der Waals surface area contributed by atoms with E-state index in [0.717, 1.165) is 4.90 Å². The quantitative estimate of drug-likeness (QED) is 0.545. The van der Waals surface area contributed by atoms with E-state index >= 15 is 0 Å². The minimum Gasteiger partial charge on any atom is -0.410 e. The zero-order chi connectivity index (χ0) is 15.1. The number of benzene rings is 1. The molecule has 114 valence electrons. The van der Waals surface area contributed by atoms with Gasteiger partial charge in [0.15, 0.2) is 6.23 Å². The lowest BCUT2D eigenvalue weighted by Crippen LogP contribution is -2.54. The predicted molar refractivity (Wildman–Crippen MR) is 69.0 cm³/mol. The van der Waals surface area contributed by atoms with Crippen LogP contribution in [-0.4, -0.2) is 57.5 Å². The predicted octanol–water partition coefficient (Wildman–Crippen LogP) is -1.10. The summed E-state index contributed by atoms with van der Waals surface area (Å²) < 4.78 is 10.5. The van der Waals surface area contributed by atoms with Crippen molar-refractivity contribution in [3.8, 4) is 5.75 Å². The van der Waals surface area contributed by atoms with Gasteiger partial charge >= 0.3 is 6.09 Å². The van der Waals surface area contributed by atoms with Gasteiger partial charge in [-0.3, -0.25) is 4.90 Å². The van der Waals surface area contributed by atoms with Crippen molar-refractivity contribution < 1.29 is 29.6 Å². The molecule has 2 heterocycles. The molecule has 5 atom stereocenters. The minimum atomic E-state index is -1.38. The molecule has 1 fully saturated rings. The summed E-state index contributed by atoms with van der Waals surface area (Å²) in [7, 11) is 0. The first-order valence-electron chi connectivity index (χ1n) is 6.51. The Kier molecular flexibility index (Phi) is 3.56. The second-order valence-corrected chi connectivity index (χ2v) is 4.99. The van der Waals surface area contributed by atoms with E-state index < -0.39 is 43.4 Å². The zero-order valence-corrected chi connectivity index (χ0v) is 11.0. The highest BCUT2D eigenvalue weighted by molar-refractivity contribution is 5.74. The summed E-state index contributed by atoms with van der Waals surface area (Å²) in [5.41, 5.74) is 6.61. The van der Waals surface area contributed by atoms with Gasteiger partial charge in [0.1, 0.15) is 30.2 Å². The van der Waals surface area contributed by atoms with Crippen molar-refractivity contribution in [1.29, 1.82) is 0 Å². The lowest BCUT2D eigenvalue weighted by molar-refractivity contribution is -0.102. The van der Waals surface area contributed by atoms with Gasteiger partial charge < -0.3 is 30.5 Å². The fourth-order valence-corrected chi connectivity index (χ4v) is 2.60. The smallest absolute Gasteiger partial charge is 0.410 e. The molecule has 3 rings (SSSR count). The Labute approximate surface area is 120 Å². The van der Waals surface area contributed by atoms with E-state index in [4.69, 9.17) is 20.3 Å². The molecular weight excluding hydrogens is 280 g/mol. The van der Waals surface area contributed by atoms with Crippen molar-refractivity contribution in [1.82, 2.24) is 4.90 Å². The standard InChI is InChI=1S/C13H16N2O6/c14-11-6-3-1-2-4-7(6)21-13(19)15(11)12-10(18)9(17)8(5-16)20-12/h1-4,8-12,16-18H,5,14H2/t8-,9-,10-,11?,12-/m1/s1. The molecule has 0 spiro atoms. The lowest BCUT2D eigenvalue weighted by atomic mass is 10.1. The molecule has 8 nitrogen and oxygen atoms in total. The number of nitrogens with two attached hydrogens (primary N) is 1. The van der Waals surface area contributed by atoms with Gasteiger partial charge in [-0.2, -0.15) is 0 Å². The van der Waals surface area contributed by atoms with E-state index in [9.17, 15) is 15.0 Å². The largest absolute Gasteiger partial charge is 0.418 e. The number of fused-ring (bicyclic) bond motifs is 1. The number of para-hydroxylation sites is 1. The summed E-state index contributed by atoms with van der Waals surface area (Å²) in [5, 5.41) is 28.9. The molecule has 0 bridgehead atoms. The molecule has 1 amide bonds. The Bertz CT molecular complexity index is 553. The van der Waals surface area contributed by atoms with Crippen LogP contribution >= 0.6 is 0 Å². The van der Waals surface area contributed by atoms with Crippen molar-refractivity contribution in [2.24, 2.45) is 5.73 Å². The fraction of sp³-hybridized carbons (Fsp3) is 0.462. The summed E-state index contributed by atoms with van der Waals surface area (Å²) in [6, 6.07) is 6.76. The molecule has 2 aliphatic rings. The molecule has 1 unspecified atom stereocenters. The third kappa shape index (κ3) is 2.17. The molecule has 21 heavy (non-hydrogen) atoms. The number of hydrogen-bond acceptors (Lipinski definition) is 7. The Hall–Kier alpha value is -1.71. The number of carbonyl (C=O) groups is 1. The van der Waals surface area contributed by atoms with Gasteiger partial charge in [-0.1, -0.05) is 18.2 Å². The van der Waals surface area contributed by atoms with Crippen LogP contribution in [0.25, 0.3) is 0 Å². The molecule has 2 aliphatic heterocycles. The Balaban J connectivity index is 1.91. The number of ether oxygens (including phenoxy) is 2.